The van der Waals surface area contributed by atoms with E-state index in [2.05, 4.69) is 10.3 Å². The van der Waals surface area contributed by atoms with Crippen LogP contribution >= 0.6 is 19.4 Å². The Morgan fingerprint density at radius 2 is 1.81 bits per heavy atom. The van der Waals surface area contributed by atoms with Gasteiger partial charge >= 0.3 is 7.60 Å². The summed E-state index contributed by atoms with van der Waals surface area (Å²) in [6.07, 6.45) is -1.33. The summed E-state index contributed by atoms with van der Waals surface area (Å²) in [6.45, 7) is -1.52. The van der Waals surface area contributed by atoms with Crippen LogP contribution in [0.3, 0.4) is 0 Å². The Balaban J connectivity index is 1.86. The van der Waals surface area contributed by atoms with E-state index in [1.165, 1.54) is 54.2 Å². The number of ether oxygens (including phenoxy) is 2. The molecule has 1 aliphatic heterocycles. The molecule has 0 aliphatic carbocycles. The highest BCUT2D eigenvalue weighted by molar-refractivity contribution is 8.14. The van der Waals surface area contributed by atoms with Gasteiger partial charge in [-0.2, -0.15) is 0 Å². The summed E-state index contributed by atoms with van der Waals surface area (Å²) in [5.74, 6) is 0.632. The predicted molar refractivity (Wildman–Crippen MR) is 113 cm³/mol. The Labute approximate surface area is 180 Å². The maximum absolute atomic E-state index is 12.9. The summed E-state index contributed by atoms with van der Waals surface area (Å²) in [5, 5.41) is 2.94. The molecule has 0 spiro atoms. The molecule has 0 fully saturated rings. The largest absolute Gasteiger partial charge is 0.485 e. The van der Waals surface area contributed by atoms with E-state index in [0.717, 1.165) is 5.75 Å². The highest BCUT2D eigenvalue weighted by Crippen LogP contribution is 2.34. The smallest absolute Gasteiger partial charge is 0.356 e. The molecule has 166 valence electrons. The van der Waals surface area contributed by atoms with Crippen molar-refractivity contribution in [3.05, 3.63) is 48.0 Å². The lowest BCUT2D eigenvalue weighted by Crippen LogP contribution is -2.27. The van der Waals surface area contributed by atoms with Crippen LogP contribution in [0.2, 0.25) is 0 Å². The van der Waals surface area contributed by atoms with Crippen molar-refractivity contribution in [2.75, 3.05) is 25.6 Å². The molecule has 0 radical (unpaired) electrons. The summed E-state index contributed by atoms with van der Waals surface area (Å²) in [4.78, 5) is 35.1. The van der Waals surface area contributed by atoms with Crippen LogP contribution in [0.15, 0.2) is 47.5 Å². The molecule has 1 amide bonds. The number of amides is 1. The van der Waals surface area contributed by atoms with E-state index < -0.39 is 33.0 Å². The second-order valence-electron chi connectivity index (χ2n) is 6.37. The van der Waals surface area contributed by atoms with Gasteiger partial charge in [0.05, 0.1) is 11.8 Å². The van der Waals surface area contributed by atoms with Gasteiger partial charge in [0.2, 0.25) is 0 Å². The van der Waals surface area contributed by atoms with Crippen molar-refractivity contribution in [1.82, 2.24) is 5.32 Å². The lowest BCUT2D eigenvalue weighted by molar-refractivity contribution is 0.0976. The molecular formula is C19H19F2N2O6PS. The zero-order chi connectivity index (χ0) is 22.4. The molecule has 0 bridgehead atoms. The zero-order valence-electron chi connectivity index (χ0n) is 16.0. The number of alkyl halides is 2. The fraction of sp³-hybridized carbons (Fsp3) is 0.263. The van der Waals surface area contributed by atoms with Crippen molar-refractivity contribution in [2.24, 2.45) is 4.99 Å². The van der Waals surface area contributed by atoms with Gasteiger partial charge in [-0.15, -0.1) is 0 Å². The number of nitrogens with one attached hydrogen (secondary N) is 1. The van der Waals surface area contributed by atoms with Crippen LogP contribution in [0.1, 0.15) is 10.4 Å². The molecule has 8 nitrogen and oxygen atoms in total. The maximum Gasteiger partial charge on any atom is 0.356 e. The highest BCUT2D eigenvalue weighted by Gasteiger charge is 2.19. The van der Waals surface area contributed by atoms with E-state index in [1.54, 1.807) is 0 Å². The van der Waals surface area contributed by atoms with Gasteiger partial charge in [-0.3, -0.25) is 14.4 Å². The Morgan fingerprint density at radius 3 is 2.39 bits per heavy atom. The van der Waals surface area contributed by atoms with Gasteiger partial charge in [0.25, 0.3) is 5.91 Å². The van der Waals surface area contributed by atoms with Crippen LogP contribution in [-0.2, 0) is 4.57 Å². The number of carbonyl (C=O) groups excluding carboxylic acids is 1. The van der Waals surface area contributed by atoms with E-state index in [4.69, 9.17) is 9.47 Å². The molecule has 3 rings (SSSR count). The van der Waals surface area contributed by atoms with Crippen molar-refractivity contribution in [3.63, 3.8) is 0 Å². The first kappa shape index (κ1) is 23.2. The molecule has 2 aromatic carbocycles. The molecule has 2 aromatic rings. The van der Waals surface area contributed by atoms with Crippen LogP contribution in [0.25, 0.3) is 0 Å². The molecule has 0 unspecified atom stereocenters. The van der Waals surface area contributed by atoms with Gasteiger partial charge in [0.1, 0.15) is 30.6 Å². The number of aliphatic imine (C=N–C) groups is 1. The second-order valence-corrected chi connectivity index (χ2v) is 9.06. The van der Waals surface area contributed by atoms with Crippen molar-refractivity contribution < 1.29 is 37.4 Å². The Bertz CT molecular complexity index is 1010. The van der Waals surface area contributed by atoms with Crippen LogP contribution in [0, 0.1) is 0 Å². The van der Waals surface area contributed by atoms with Crippen LogP contribution in [0.5, 0.6) is 17.2 Å². The first-order chi connectivity index (χ1) is 14.8. The molecule has 12 heteroatoms. The lowest BCUT2D eigenvalue weighted by Gasteiger charge is -2.16. The molecule has 0 saturated heterocycles. The third-order valence-electron chi connectivity index (χ3n) is 4.00. The summed E-state index contributed by atoms with van der Waals surface area (Å²) in [6, 6.07) is 9.20. The van der Waals surface area contributed by atoms with E-state index in [0.29, 0.717) is 11.7 Å². The quantitative estimate of drug-likeness (QED) is 0.506. The lowest BCUT2D eigenvalue weighted by atomic mass is 10.2. The normalized spacial score (nSPS) is 13.8. The number of hydrogen-bond donors (Lipinski definition) is 3. The fourth-order valence-electron chi connectivity index (χ4n) is 2.55. The van der Waals surface area contributed by atoms with Gasteiger partial charge in [0.15, 0.2) is 11.3 Å². The van der Waals surface area contributed by atoms with Gasteiger partial charge in [-0.05, 0) is 36.4 Å². The summed E-state index contributed by atoms with van der Waals surface area (Å²) in [7, 11) is -4.40. The summed E-state index contributed by atoms with van der Waals surface area (Å²) >= 11 is 1.39. The molecule has 0 aromatic heterocycles. The number of thioether (sulfide) groups is 1. The van der Waals surface area contributed by atoms with E-state index in [1.807, 2.05) is 0 Å². The van der Waals surface area contributed by atoms with E-state index in [9.17, 15) is 27.9 Å². The zero-order valence-corrected chi connectivity index (χ0v) is 17.7. The highest BCUT2D eigenvalue weighted by atomic mass is 32.2. The molecule has 0 atom stereocenters. The topological polar surface area (TPSA) is 117 Å². The van der Waals surface area contributed by atoms with Crippen molar-refractivity contribution >= 4 is 35.7 Å². The third kappa shape index (κ3) is 6.51. The number of nitrogens with zero attached hydrogens (tertiary/aromatic N) is 1. The number of rotatable bonds is 8. The first-order valence-corrected chi connectivity index (χ1v) is 11.6. The Hall–Kier alpha value is -2.46. The van der Waals surface area contributed by atoms with E-state index in [-0.39, 0.29) is 28.1 Å². The third-order valence-corrected chi connectivity index (χ3v) is 5.87. The monoisotopic (exact) mass is 472 g/mol. The van der Waals surface area contributed by atoms with Crippen LogP contribution in [0.4, 0.5) is 8.78 Å². The van der Waals surface area contributed by atoms with Crippen molar-refractivity contribution in [2.45, 2.75) is 6.10 Å². The summed E-state index contributed by atoms with van der Waals surface area (Å²) < 4.78 is 48.0. The molecule has 0 saturated carbocycles. The molecule has 1 aliphatic rings. The minimum absolute atomic E-state index is 0.0239. The average Bonchev–Trinajstić information content (AvgIpc) is 3.24. The van der Waals surface area contributed by atoms with E-state index >= 15 is 0 Å². The number of benzene rings is 2. The molecule has 31 heavy (non-hydrogen) atoms. The number of amidine groups is 1. The van der Waals surface area contributed by atoms with Crippen LogP contribution in [-0.4, -0.2) is 52.6 Å². The molecular weight excluding hydrogens is 453 g/mol. The standard InChI is InChI=1S/C19H19F2N2O6PS/c20-10-16(11-21)29-15-8-12(18(24)23-19-22-5-6-31-19)7-14(9-15)28-13-1-3-17(4-2-13)30(25,26)27/h1-4,7-9,16H,5-6,10-11H2,(H,22,23,24)(H2,25,26,27). The van der Waals surface area contributed by atoms with Gasteiger partial charge in [0, 0.05) is 17.4 Å². The number of hydrogen-bond acceptors (Lipinski definition) is 6. The molecule has 3 N–H and O–H groups in total. The predicted octanol–water partition coefficient (Wildman–Crippen LogP) is 2.80. The van der Waals surface area contributed by atoms with Crippen molar-refractivity contribution in [1.29, 1.82) is 0 Å². The number of carbonyl (C=O) groups is 1. The summed E-state index contributed by atoms with van der Waals surface area (Å²) in [5.41, 5.74) is 0.117. The van der Waals surface area contributed by atoms with Crippen LogP contribution < -0.4 is 20.1 Å². The Kier molecular flexibility index (Phi) is 7.66. The Morgan fingerprint density at radius 1 is 1.13 bits per heavy atom. The first-order valence-electron chi connectivity index (χ1n) is 9.05. The van der Waals surface area contributed by atoms with Gasteiger partial charge in [-0.1, -0.05) is 11.8 Å². The molecule has 1 heterocycles. The second kappa shape index (κ2) is 10.2. The average molecular weight is 472 g/mol. The minimum atomic E-state index is -4.40. The SMILES string of the molecule is O=C(NC1=NCCS1)c1cc(Oc2ccc(P(=O)(O)O)cc2)cc(OC(CF)CF)c1. The van der Waals surface area contributed by atoms with Crippen molar-refractivity contribution in [3.8, 4) is 17.2 Å². The fourth-order valence-corrected chi connectivity index (χ4v) is 3.81. The minimum Gasteiger partial charge on any atom is -0.485 e. The van der Waals surface area contributed by atoms with Gasteiger partial charge in [-0.25, -0.2) is 8.78 Å². The van der Waals surface area contributed by atoms with Gasteiger partial charge < -0.3 is 24.6 Å². The number of halogens is 2. The maximum atomic E-state index is 12.9.